The van der Waals surface area contributed by atoms with E-state index >= 15 is 0 Å². The molecular formula is C16H15NO4S. The Morgan fingerprint density at radius 3 is 2.77 bits per heavy atom. The van der Waals surface area contributed by atoms with Gasteiger partial charge in [-0.25, -0.2) is 4.79 Å². The van der Waals surface area contributed by atoms with Crippen LogP contribution in [0.15, 0.2) is 24.3 Å². The molecule has 1 amide bonds. The zero-order valence-corrected chi connectivity index (χ0v) is 12.8. The van der Waals surface area contributed by atoms with E-state index in [1.807, 2.05) is 0 Å². The summed E-state index contributed by atoms with van der Waals surface area (Å²) in [5.41, 5.74) is 1.49. The van der Waals surface area contributed by atoms with Gasteiger partial charge in [-0.15, -0.1) is 11.3 Å². The van der Waals surface area contributed by atoms with Crippen molar-refractivity contribution >= 4 is 28.2 Å². The van der Waals surface area contributed by atoms with Crippen LogP contribution >= 0.6 is 11.3 Å². The summed E-state index contributed by atoms with van der Waals surface area (Å²) in [6, 6.07) is 6.86. The van der Waals surface area contributed by atoms with Gasteiger partial charge >= 0.3 is 5.97 Å². The number of hydrogen-bond acceptors (Lipinski definition) is 4. The van der Waals surface area contributed by atoms with Gasteiger partial charge in [0.15, 0.2) is 0 Å². The van der Waals surface area contributed by atoms with Gasteiger partial charge in [0, 0.05) is 4.88 Å². The molecule has 2 N–H and O–H groups in total. The highest BCUT2D eigenvalue weighted by Gasteiger charge is 2.27. The van der Waals surface area contributed by atoms with Gasteiger partial charge in [0.2, 0.25) is 0 Å². The van der Waals surface area contributed by atoms with E-state index in [-0.39, 0.29) is 11.5 Å². The molecule has 0 aliphatic heterocycles. The summed E-state index contributed by atoms with van der Waals surface area (Å²) in [7, 11) is 1.49. The predicted molar refractivity (Wildman–Crippen MR) is 84.3 cm³/mol. The monoisotopic (exact) mass is 317 g/mol. The second-order valence-electron chi connectivity index (χ2n) is 5.02. The third-order valence-electron chi connectivity index (χ3n) is 3.71. The first-order chi connectivity index (χ1) is 10.6. The van der Waals surface area contributed by atoms with Crippen molar-refractivity contribution in [3.8, 4) is 5.75 Å². The van der Waals surface area contributed by atoms with Gasteiger partial charge in [-0.2, -0.15) is 0 Å². The first kappa shape index (κ1) is 14.6. The van der Waals surface area contributed by atoms with Gasteiger partial charge in [0.25, 0.3) is 5.91 Å². The summed E-state index contributed by atoms with van der Waals surface area (Å²) < 4.78 is 5.17. The number of carbonyl (C=O) groups is 2. The minimum absolute atomic E-state index is 0.237. The maximum atomic E-state index is 12.4. The molecule has 0 radical (unpaired) electrons. The van der Waals surface area contributed by atoms with Crippen molar-refractivity contribution in [1.29, 1.82) is 0 Å². The first-order valence-corrected chi connectivity index (χ1v) is 7.75. The lowest BCUT2D eigenvalue weighted by Crippen LogP contribution is -2.14. The van der Waals surface area contributed by atoms with Crippen molar-refractivity contribution in [3.05, 3.63) is 45.8 Å². The van der Waals surface area contributed by atoms with Crippen LogP contribution in [0.2, 0.25) is 0 Å². The summed E-state index contributed by atoms with van der Waals surface area (Å²) in [6.07, 6.45) is 2.62. The third kappa shape index (κ3) is 2.46. The number of aryl methyl sites for hydroxylation is 1. The Hall–Kier alpha value is -2.34. The Morgan fingerprint density at radius 1 is 1.27 bits per heavy atom. The number of carboxylic acids is 1. The summed E-state index contributed by atoms with van der Waals surface area (Å²) in [4.78, 5) is 25.0. The normalized spacial score (nSPS) is 12.8. The van der Waals surface area contributed by atoms with E-state index < -0.39 is 5.97 Å². The molecule has 5 nitrogen and oxygen atoms in total. The molecule has 22 heavy (non-hydrogen) atoms. The van der Waals surface area contributed by atoms with Crippen LogP contribution in [0, 0.1) is 0 Å². The molecule has 3 rings (SSSR count). The highest BCUT2D eigenvalue weighted by Crippen LogP contribution is 2.39. The zero-order valence-electron chi connectivity index (χ0n) is 12.0. The quantitative estimate of drug-likeness (QED) is 0.908. The van der Waals surface area contributed by atoms with E-state index in [0.29, 0.717) is 16.3 Å². The Labute approximate surface area is 131 Å². The standard InChI is InChI=1S/C16H15NO4S/c1-21-11-7-3-2-5-9(11)14(18)17-15-13(16(19)20)10-6-4-8-12(10)22-15/h2-3,5,7H,4,6,8H2,1H3,(H,17,18)(H,19,20). The van der Waals surface area contributed by atoms with Crippen molar-refractivity contribution in [1.82, 2.24) is 0 Å². The Balaban J connectivity index is 1.94. The number of rotatable bonds is 4. The van der Waals surface area contributed by atoms with Crippen LogP contribution in [-0.4, -0.2) is 24.1 Å². The number of aromatic carboxylic acids is 1. The van der Waals surface area contributed by atoms with Gasteiger partial charge in [-0.1, -0.05) is 12.1 Å². The molecule has 1 heterocycles. The minimum atomic E-state index is -0.991. The Morgan fingerprint density at radius 2 is 2.05 bits per heavy atom. The fourth-order valence-corrected chi connectivity index (χ4v) is 4.00. The predicted octanol–water partition coefficient (Wildman–Crippen LogP) is 3.20. The van der Waals surface area contributed by atoms with E-state index in [0.717, 1.165) is 29.7 Å². The number of nitrogens with one attached hydrogen (secondary N) is 1. The molecule has 0 fully saturated rings. The van der Waals surface area contributed by atoms with Crippen molar-refractivity contribution in [2.24, 2.45) is 0 Å². The fourth-order valence-electron chi connectivity index (χ4n) is 2.72. The summed E-state index contributed by atoms with van der Waals surface area (Å²) in [5, 5.41) is 12.6. The highest BCUT2D eigenvalue weighted by atomic mass is 32.1. The lowest BCUT2D eigenvalue weighted by Gasteiger charge is -2.09. The molecule has 0 unspecified atom stereocenters. The second-order valence-corrected chi connectivity index (χ2v) is 6.13. The minimum Gasteiger partial charge on any atom is -0.496 e. The van der Waals surface area contributed by atoms with Gasteiger partial charge in [0.1, 0.15) is 10.8 Å². The number of carbonyl (C=O) groups excluding carboxylic acids is 1. The largest absolute Gasteiger partial charge is 0.496 e. The van der Waals surface area contributed by atoms with Crippen LogP contribution < -0.4 is 10.1 Å². The number of hydrogen-bond donors (Lipinski definition) is 2. The average molecular weight is 317 g/mol. The van der Waals surface area contributed by atoms with Crippen LogP contribution in [-0.2, 0) is 12.8 Å². The van der Waals surface area contributed by atoms with Gasteiger partial charge in [0.05, 0.1) is 18.2 Å². The van der Waals surface area contributed by atoms with Crippen LogP contribution in [0.1, 0.15) is 37.6 Å². The maximum Gasteiger partial charge on any atom is 0.339 e. The number of ether oxygens (including phenoxy) is 1. The Bertz CT molecular complexity index is 751. The lowest BCUT2D eigenvalue weighted by molar-refractivity contribution is 0.0697. The highest BCUT2D eigenvalue weighted by molar-refractivity contribution is 7.17. The zero-order chi connectivity index (χ0) is 15.7. The third-order valence-corrected chi connectivity index (χ3v) is 4.92. The first-order valence-electron chi connectivity index (χ1n) is 6.94. The summed E-state index contributed by atoms with van der Waals surface area (Å²) in [6.45, 7) is 0. The van der Waals surface area contributed by atoms with E-state index in [1.54, 1.807) is 24.3 Å². The van der Waals surface area contributed by atoms with Crippen LogP contribution in [0.4, 0.5) is 5.00 Å². The molecule has 114 valence electrons. The number of benzene rings is 1. The molecule has 0 saturated heterocycles. The SMILES string of the molecule is COc1ccccc1C(=O)Nc1sc2c(c1C(=O)O)CCC2. The number of carboxylic acid groups (broad SMARTS) is 1. The van der Waals surface area contributed by atoms with Crippen molar-refractivity contribution in [3.63, 3.8) is 0 Å². The molecular weight excluding hydrogens is 302 g/mol. The Kier molecular flexibility index (Phi) is 3.85. The molecule has 0 bridgehead atoms. The van der Waals surface area contributed by atoms with Crippen molar-refractivity contribution in [2.75, 3.05) is 12.4 Å². The molecule has 1 aliphatic rings. The van der Waals surface area contributed by atoms with E-state index in [9.17, 15) is 14.7 Å². The number of amides is 1. The van der Waals surface area contributed by atoms with E-state index in [4.69, 9.17) is 4.74 Å². The molecule has 0 spiro atoms. The van der Waals surface area contributed by atoms with Gasteiger partial charge in [-0.3, -0.25) is 4.79 Å². The number of methoxy groups -OCH3 is 1. The molecule has 1 aliphatic carbocycles. The van der Waals surface area contributed by atoms with Crippen LogP contribution in [0.3, 0.4) is 0 Å². The molecule has 2 aromatic rings. The molecule has 1 aromatic heterocycles. The number of anilines is 1. The average Bonchev–Trinajstić information content (AvgIpc) is 3.06. The van der Waals surface area contributed by atoms with Gasteiger partial charge < -0.3 is 15.2 Å². The van der Waals surface area contributed by atoms with Gasteiger partial charge in [-0.05, 0) is 37.0 Å². The second kappa shape index (κ2) is 5.81. The summed E-state index contributed by atoms with van der Waals surface area (Å²) >= 11 is 1.36. The fraction of sp³-hybridized carbons (Fsp3) is 0.250. The topological polar surface area (TPSA) is 75.6 Å². The number of para-hydroxylation sites is 1. The van der Waals surface area contributed by atoms with E-state index in [1.165, 1.54) is 18.4 Å². The lowest BCUT2D eigenvalue weighted by atomic mass is 10.1. The van der Waals surface area contributed by atoms with Crippen molar-refractivity contribution in [2.45, 2.75) is 19.3 Å². The summed E-state index contributed by atoms with van der Waals surface area (Å²) in [5.74, 6) is -0.893. The number of thiophene rings is 1. The van der Waals surface area contributed by atoms with Crippen LogP contribution in [0.25, 0.3) is 0 Å². The smallest absolute Gasteiger partial charge is 0.339 e. The number of fused-ring (bicyclic) bond motifs is 1. The molecule has 0 atom stereocenters. The van der Waals surface area contributed by atoms with Crippen LogP contribution in [0.5, 0.6) is 5.75 Å². The van der Waals surface area contributed by atoms with E-state index in [2.05, 4.69) is 5.32 Å². The molecule has 0 saturated carbocycles. The molecule has 6 heteroatoms. The maximum absolute atomic E-state index is 12.4. The molecule has 1 aromatic carbocycles. The van der Waals surface area contributed by atoms with Crippen molar-refractivity contribution < 1.29 is 19.4 Å².